The number of amides is 2. The molecular formula is C15H17F3N2O3. The lowest BCUT2D eigenvalue weighted by atomic mass is 10.1. The first kappa shape index (κ1) is 17.3. The van der Waals surface area contributed by atoms with Gasteiger partial charge in [0.25, 0.3) is 5.91 Å². The first-order valence-electron chi connectivity index (χ1n) is 7.10. The predicted molar refractivity (Wildman–Crippen MR) is 77.2 cm³/mol. The van der Waals surface area contributed by atoms with Gasteiger partial charge in [-0.15, -0.1) is 0 Å². The van der Waals surface area contributed by atoms with E-state index in [4.69, 9.17) is 4.74 Å². The molecule has 1 aliphatic heterocycles. The van der Waals surface area contributed by atoms with Crippen molar-refractivity contribution in [1.82, 2.24) is 4.90 Å². The van der Waals surface area contributed by atoms with Gasteiger partial charge < -0.3 is 15.0 Å². The van der Waals surface area contributed by atoms with Crippen molar-refractivity contribution in [3.8, 4) is 0 Å². The van der Waals surface area contributed by atoms with Crippen molar-refractivity contribution in [2.24, 2.45) is 0 Å². The molecule has 2 amide bonds. The molecule has 1 aromatic carbocycles. The zero-order chi connectivity index (χ0) is 17.0. The van der Waals surface area contributed by atoms with Gasteiger partial charge in [0, 0.05) is 24.3 Å². The van der Waals surface area contributed by atoms with Crippen molar-refractivity contribution in [3.63, 3.8) is 0 Å². The van der Waals surface area contributed by atoms with Crippen molar-refractivity contribution in [3.05, 3.63) is 29.3 Å². The Morgan fingerprint density at radius 3 is 2.48 bits per heavy atom. The summed E-state index contributed by atoms with van der Waals surface area (Å²) in [6.45, 7) is 3.59. The van der Waals surface area contributed by atoms with Crippen LogP contribution in [0.15, 0.2) is 18.2 Å². The van der Waals surface area contributed by atoms with E-state index in [0.717, 1.165) is 0 Å². The molecule has 1 fully saturated rings. The molecule has 1 N–H and O–H groups in total. The van der Waals surface area contributed by atoms with Crippen LogP contribution in [0.3, 0.4) is 0 Å². The Labute approximate surface area is 131 Å². The fraction of sp³-hybridized carbons (Fsp3) is 0.467. The van der Waals surface area contributed by atoms with Crippen molar-refractivity contribution < 1.29 is 27.5 Å². The molecule has 8 heteroatoms. The average molecular weight is 330 g/mol. The smallest absolute Gasteiger partial charge is 0.378 e. The van der Waals surface area contributed by atoms with Crippen LogP contribution in [0, 0.1) is 6.92 Å². The van der Waals surface area contributed by atoms with Crippen LogP contribution in [0.4, 0.5) is 18.9 Å². The van der Waals surface area contributed by atoms with E-state index in [1.807, 2.05) is 0 Å². The number of carbonyl (C=O) groups is 2. The summed E-state index contributed by atoms with van der Waals surface area (Å²) in [5, 5.41) is 2.21. The highest BCUT2D eigenvalue weighted by molar-refractivity contribution is 5.96. The van der Waals surface area contributed by atoms with E-state index in [9.17, 15) is 22.8 Å². The Morgan fingerprint density at radius 2 is 1.91 bits per heavy atom. The second kappa shape index (κ2) is 6.99. The van der Waals surface area contributed by atoms with Gasteiger partial charge in [-0.1, -0.05) is 0 Å². The van der Waals surface area contributed by atoms with Gasteiger partial charge in [0.1, 0.15) is 6.42 Å². The Kier molecular flexibility index (Phi) is 5.25. The van der Waals surface area contributed by atoms with E-state index in [1.165, 1.54) is 12.1 Å². The number of nitrogens with zero attached hydrogens (tertiary/aromatic N) is 1. The zero-order valence-corrected chi connectivity index (χ0v) is 12.6. The molecule has 0 aromatic heterocycles. The Morgan fingerprint density at radius 1 is 1.26 bits per heavy atom. The Bertz CT molecular complexity index is 596. The molecule has 1 saturated heterocycles. The Balaban J connectivity index is 2.05. The molecule has 0 spiro atoms. The van der Waals surface area contributed by atoms with Crippen molar-refractivity contribution in [2.45, 2.75) is 19.5 Å². The van der Waals surface area contributed by atoms with Crippen LogP contribution < -0.4 is 5.32 Å². The molecule has 0 radical (unpaired) electrons. The summed E-state index contributed by atoms with van der Waals surface area (Å²) in [7, 11) is 0. The average Bonchev–Trinajstić information content (AvgIpc) is 2.47. The van der Waals surface area contributed by atoms with E-state index in [0.29, 0.717) is 37.4 Å². The lowest BCUT2D eigenvalue weighted by Crippen LogP contribution is -2.40. The maximum Gasteiger partial charge on any atom is 0.397 e. The van der Waals surface area contributed by atoms with Crippen LogP contribution in [0.5, 0.6) is 0 Å². The van der Waals surface area contributed by atoms with Crippen LogP contribution in [-0.4, -0.2) is 49.2 Å². The number of anilines is 1. The first-order chi connectivity index (χ1) is 10.8. The highest BCUT2D eigenvalue weighted by Crippen LogP contribution is 2.22. The van der Waals surface area contributed by atoms with Crippen molar-refractivity contribution >= 4 is 17.5 Å². The van der Waals surface area contributed by atoms with Crippen LogP contribution in [0.25, 0.3) is 0 Å². The predicted octanol–water partition coefficient (Wildman–Crippen LogP) is 2.36. The van der Waals surface area contributed by atoms with E-state index in [1.54, 1.807) is 17.9 Å². The third-order valence-electron chi connectivity index (χ3n) is 3.41. The zero-order valence-electron chi connectivity index (χ0n) is 12.6. The number of halogens is 3. The van der Waals surface area contributed by atoms with Crippen LogP contribution in [-0.2, 0) is 9.53 Å². The monoisotopic (exact) mass is 330 g/mol. The summed E-state index contributed by atoms with van der Waals surface area (Å²) in [6.07, 6.45) is -6.09. The molecule has 23 heavy (non-hydrogen) atoms. The summed E-state index contributed by atoms with van der Waals surface area (Å²) >= 11 is 0. The quantitative estimate of drug-likeness (QED) is 0.926. The number of ether oxygens (including phenoxy) is 1. The van der Waals surface area contributed by atoms with Crippen LogP contribution >= 0.6 is 0 Å². The third kappa shape index (κ3) is 4.95. The van der Waals surface area contributed by atoms with Crippen LogP contribution in [0.2, 0.25) is 0 Å². The first-order valence-corrected chi connectivity index (χ1v) is 7.10. The topological polar surface area (TPSA) is 58.6 Å². The number of morpholine rings is 1. The summed E-state index contributed by atoms with van der Waals surface area (Å²) in [6, 6.07) is 4.49. The fourth-order valence-corrected chi connectivity index (χ4v) is 2.26. The van der Waals surface area contributed by atoms with Gasteiger partial charge in [-0.3, -0.25) is 9.59 Å². The lowest BCUT2D eigenvalue weighted by Gasteiger charge is -2.27. The molecule has 126 valence electrons. The summed E-state index contributed by atoms with van der Waals surface area (Å²) in [5.74, 6) is -1.29. The summed E-state index contributed by atoms with van der Waals surface area (Å²) in [4.78, 5) is 25.3. The van der Waals surface area contributed by atoms with Gasteiger partial charge in [0.15, 0.2) is 0 Å². The van der Waals surface area contributed by atoms with Gasteiger partial charge in [-0.25, -0.2) is 0 Å². The van der Waals surface area contributed by atoms with E-state index >= 15 is 0 Å². The number of nitrogens with one attached hydrogen (secondary N) is 1. The molecule has 1 aromatic rings. The molecule has 1 aliphatic rings. The van der Waals surface area contributed by atoms with Gasteiger partial charge in [0.2, 0.25) is 5.91 Å². The van der Waals surface area contributed by atoms with Gasteiger partial charge in [-0.05, 0) is 30.7 Å². The number of benzene rings is 1. The minimum atomic E-state index is -4.55. The van der Waals surface area contributed by atoms with E-state index in [-0.39, 0.29) is 11.6 Å². The summed E-state index contributed by atoms with van der Waals surface area (Å²) < 4.78 is 41.7. The molecule has 2 rings (SSSR count). The largest absolute Gasteiger partial charge is 0.397 e. The van der Waals surface area contributed by atoms with Gasteiger partial charge >= 0.3 is 6.18 Å². The normalized spacial score (nSPS) is 15.4. The highest BCUT2D eigenvalue weighted by Gasteiger charge is 2.31. The van der Waals surface area contributed by atoms with Crippen molar-refractivity contribution in [2.75, 3.05) is 31.6 Å². The van der Waals surface area contributed by atoms with Crippen molar-refractivity contribution in [1.29, 1.82) is 0 Å². The minimum Gasteiger partial charge on any atom is -0.378 e. The standard InChI is InChI=1S/C15H17F3N2O3/c1-10-8-11(14(22)20-4-6-23-7-5-20)2-3-12(10)19-13(21)9-15(16,17)18/h2-3,8H,4-7,9H2,1H3,(H,19,21). The molecule has 0 aliphatic carbocycles. The minimum absolute atomic E-state index is 0.162. The van der Waals surface area contributed by atoms with Gasteiger partial charge in [-0.2, -0.15) is 13.2 Å². The number of hydrogen-bond donors (Lipinski definition) is 1. The number of rotatable bonds is 3. The molecule has 1 heterocycles. The number of aryl methyl sites for hydroxylation is 1. The van der Waals surface area contributed by atoms with E-state index < -0.39 is 18.5 Å². The second-order valence-electron chi connectivity index (χ2n) is 5.27. The van der Waals surface area contributed by atoms with Gasteiger partial charge in [0.05, 0.1) is 13.2 Å². The summed E-state index contributed by atoms with van der Waals surface area (Å²) in [5.41, 5.74) is 1.22. The molecular weight excluding hydrogens is 313 g/mol. The maximum absolute atomic E-state index is 12.3. The van der Waals surface area contributed by atoms with E-state index in [2.05, 4.69) is 5.32 Å². The fourth-order valence-electron chi connectivity index (χ4n) is 2.26. The molecule has 0 bridgehead atoms. The maximum atomic E-state index is 12.3. The molecule has 0 unspecified atom stereocenters. The lowest BCUT2D eigenvalue weighted by molar-refractivity contribution is -0.150. The molecule has 5 nitrogen and oxygen atoms in total. The molecule has 0 atom stereocenters. The number of alkyl halides is 3. The van der Waals surface area contributed by atoms with Crippen LogP contribution in [0.1, 0.15) is 22.3 Å². The number of hydrogen-bond acceptors (Lipinski definition) is 3. The SMILES string of the molecule is Cc1cc(C(=O)N2CCOCC2)ccc1NC(=O)CC(F)(F)F. The number of carbonyl (C=O) groups excluding carboxylic acids is 2. The molecule has 0 saturated carbocycles. The second-order valence-corrected chi connectivity index (χ2v) is 5.27. The Hall–Kier alpha value is -2.09. The third-order valence-corrected chi connectivity index (χ3v) is 3.41. The highest BCUT2D eigenvalue weighted by atomic mass is 19.4.